The summed E-state index contributed by atoms with van der Waals surface area (Å²) < 4.78 is 7.19. The van der Waals surface area contributed by atoms with Crippen LogP contribution in [0, 0.1) is 0 Å². The van der Waals surface area contributed by atoms with Crippen molar-refractivity contribution in [2.75, 3.05) is 7.11 Å². The summed E-state index contributed by atoms with van der Waals surface area (Å²) in [6.45, 7) is 0. The van der Waals surface area contributed by atoms with Crippen LogP contribution in [0.25, 0.3) is 27.2 Å². The quantitative estimate of drug-likeness (QED) is 0.487. The number of ether oxygens (including phenoxy) is 1. The number of hydrogen-bond donors (Lipinski definition) is 0. The SMILES string of the molecule is COc1ccc2c(c1)c1ccccc1c1cnnn21. The molecule has 92 valence electrons. The van der Waals surface area contributed by atoms with Crippen molar-refractivity contribution in [1.29, 1.82) is 0 Å². The Labute approximate surface area is 109 Å². The molecule has 0 N–H and O–H groups in total. The Morgan fingerprint density at radius 2 is 1.79 bits per heavy atom. The molecule has 0 radical (unpaired) electrons. The van der Waals surface area contributed by atoms with E-state index in [1.54, 1.807) is 13.3 Å². The first kappa shape index (κ1) is 10.3. The van der Waals surface area contributed by atoms with Crippen LogP contribution in [0.15, 0.2) is 48.7 Å². The summed E-state index contributed by atoms with van der Waals surface area (Å²) >= 11 is 0. The van der Waals surface area contributed by atoms with E-state index in [0.29, 0.717) is 0 Å². The van der Waals surface area contributed by atoms with Gasteiger partial charge in [-0.25, -0.2) is 4.52 Å². The average Bonchev–Trinajstić information content (AvgIpc) is 2.96. The molecular formula is C15H11N3O. The number of benzene rings is 2. The Bertz CT molecular complexity index is 911. The molecule has 0 saturated heterocycles. The monoisotopic (exact) mass is 249 g/mol. The van der Waals surface area contributed by atoms with E-state index in [1.807, 2.05) is 34.8 Å². The molecule has 0 saturated carbocycles. The minimum atomic E-state index is 0.845. The van der Waals surface area contributed by atoms with Crippen LogP contribution in [0.5, 0.6) is 5.75 Å². The van der Waals surface area contributed by atoms with Crippen molar-refractivity contribution in [3.05, 3.63) is 48.7 Å². The lowest BCUT2D eigenvalue weighted by Gasteiger charge is -2.08. The molecule has 19 heavy (non-hydrogen) atoms. The zero-order valence-electron chi connectivity index (χ0n) is 10.4. The fraction of sp³-hybridized carbons (Fsp3) is 0.0667. The average molecular weight is 249 g/mol. The van der Waals surface area contributed by atoms with Crippen LogP contribution in [-0.4, -0.2) is 21.9 Å². The molecule has 0 fully saturated rings. The number of hydrogen-bond acceptors (Lipinski definition) is 3. The van der Waals surface area contributed by atoms with Crippen molar-refractivity contribution >= 4 is 27.2 Å². The van der Waals surface area contributed by atoms with E-state index in [-0.39, 0.29) is 0 Å². The van der Waals surface area contributed by atoms with Gasteiger partial charge in [0.1, 0.15) is 5.75 Å². The van der Waals surface area contributed by atoms with E-state index < -0.39 is 0 Å². The van der Waals surface area contributed by atoms with E-state index in [0.717, 1.165) is 27.6 Å². The van der Waals surface area contributed by atoms with E-state index >= 15 is 0 Å². The molecule has 0 aliphatic rings. The smallest absolute Gasteiger partial charge is 0.119 e. The molecule has 2 aromatic carbocycles. The second-order valence-corrected chi connectivity index (χ2v) is 4.46. The summed E-state index contributed by atoms with van der Waals surface area (Å²) in [6, 6.07) is 14.3. The van der Waals surface area contributed by atoms with Crippen molar-refractivity contribution in [2.45, 2.75) is 0 Å². The lowest BCUT2D eigenvalue weighted by molar-refractivity contribution is 0.415. The highest BCUT2D eigenvalue weighted by Crippen LogP contribution is 2.30. The van der Waals surface area contributed by atoms with Gasteiger partial charge >= 0.3 is 0 Å². The fourth-order valence-corrected chi connectivity index (χ4v) is 2.58. The second-order valence-electron chi connectivity index (χ2n) is 4.46. The topological polar surface area (TPSA) is 39.4 Å². The number of methoxy groups -OCH3 is 1. The summed E-state index contributed by atoms with van der Waals surface area (Å²) in [5.41, 5.74) is 2.06. The normalized spacial score (nSPS) is 11.4. The molecule has 0 amide bonds. The zero-order chi connectivity index (χ0) is 12.8. The van der Waals surface area contributed by atoms with Gasteiger partial charge in [0.25, 0.3) is 0 Å². The van der Waals surface area contributed by atoms with Gasteiger partial charge in [-0.05, 0) is 23.6 Å². The number of aromatic nitrogens is 3. The van der Waals surface area contributed by atoms with Crippen molar-refractivity contribution in [2.24, 2.45) is 0 Å². The summed E-state index contributed by atoms with van der Waals surface area (Å²) in [5.74, 6) is 0.845. The maximum absolute atomic E-state index is 5.32. The second kappa shape index (κ2) is 3.68. The first-order valence-corrected chi connectivity index (χ1v) is 6.07. The van der Waals surface area contributed by atoms with Crippen molar-refractivity contribution in [3.8, 4) is 5.75 Å². The molecule has 0 atom stereocenters. The van der Waals surface area contributed by atoms with Gasteiger partial charge in [-0.1, -0.05) is 29.5 Å². The number of fused-ring (bicyclic) bond motifs is 6. The van der Waals surface area contributed by atoms with E-state index in [9.17, 15) is 0 Å². The Hall–Kier alpha value is -2.62. The maximum atomic E-state index is 5.32. The van der Waals surface area contributed by atoms with E-state index in [1.165, 1.54) is 5.39 Å². The third-order valence-corrected chi connectivity index (χ3v) is 3.47. The van der Waals surface area contributed by atoms with Gasteiger partial charge in [0.2, 0.25) is 0 Å². The predicted octanol–water partition coefficient (Wildman–Crippen LogP) is 3.04. The highest BCUT2D eigenvalue weighted by atomic mass is 16.5. The summed E-state index contributed by atoms with van der Waals surface area (Å²) in [4.78, 5) is 0. The third-order valence-electron chi connectivity index (χ3n) is 3.47. The Morgan fingerprint density at radius 1 is 0.947 bits per heavy atom. The molecule has 0 aliphatic carbocycles. The third kappa shape index (κ3) is 1.34. The summed E-state index contributed by atoms with van der Waals surface area (Å²) in [6.07, 6.45) is 1.80. The number of rotatable bonds is 1. The van der Waals surface area contributed by atoms with Crippen LogP contribution < -0.4 is 4.74 Å². The standard InChI is InChI=1S/C15H11N3O/c1-19-10-6-7-14-13(8-10)11-4-2-3-5-12(11)15-9-16-17-18(14)15/h2-9H,1H3. The van der Waals surface area contributed by atoms with Crippen LogP contribution in [0.4, 0.5) is 0 Å². The van der Waals surface area contributed by atoms with Gasteiger partial charge in [-0.2, -0.15) is 0 Å². The molecule has 2 aromatic heterocycles. The summed E-state index contributed by atoms with van der Waals surface area (Å²) in [7, 11) is 1.68. The molecule has 0 unspecified atom stereocenters. The van der Waals surface area contributed by atoms with E-state index in [4.69, 9.17) is 4.74 Å². The fourth-order valence-electron chi connectivity index (χ4n) is 2.58. The zero-order valence-corrected chi connectivity index (χ0v) is 10.4. The first-order chi connectivity index (χ1) is 9.38. The van der Waals surface area contributed by atoms with Crippen LogP contribution in [-0.2, 0) is 0 Å². The highest BCUT2D eigenvalue weighted by molar-refractivity contribution is 6.12. The minimum absolute atomic E-state index is 0.845. The molecule has 4 aromatic rings. The number of pyridine rings is 1. The maximum Gasteiger partial charge on any atom is 0.119 e. The summed E-state index contributed by atoms with van der Waals surface area (Å²) in [5, 5.41) is 11.7. The molecule has 0 aliphatic heterocycles. The lowest BCUT2D eigenvalue weighted by atomic mass is 10.1. The molecule has 4 rings (SSSR count). The first-order valence-electron chi connectivity index (χ1n) is 6.07. The minimum Gasteiger partial charge on any atom is -0.497 e. The lowest BCUT2D eigenvalue weighted by Crippen LogP contribution is -1.93. The van der Waals surface area contributed by atoms with Gasteiger partial charge < -0.3 is 4.74 Å². The van der Waals surface area contributed by atoms with Crippen LogP contribution >= 0.6 is 0 Å². The van der Waals surface area contributed by atoms with Crippen molar-refractivity contribution in [1.82, 2.24) is 14.8 Å². The number of nitrogens with zero attached hydrogens (tertiary/aromatic N) is 3. The van der Waals surface area contributed by atoms with Crippen LogP contribution in [0.1, 0.15) is 0 Å². The molecule has 4 nitrogen and oxygen atoms in total. The Balaban J connectivity index is 2.35. The molecule has 2 heterocycles. The molecule has 0 spiro atoms. The van der Waals surface area contributed by atoms with Gasteiger partial charge in [0.15, 0.2) is 0 Å². The molecule has 4 heteroatoms. The van der Waals surface area contributed by atoms with Crippen LogP contribution in [0.3, 0.4) is 0 Å². The van der Waals surface area contributed by atoms with E-state index in [2.05, 4.69) is 22.4 Å². The predicted molar refractivity (Wildman–Crippen MR) is 74.6 cm³/mol. The molecular weight excluding hydrogens is 238 g/mol. The van der Waals surface area contributed by atoms with Crippen molar-refractivity contribution < 1.29 is 4.74 Å². The Morgan fingerprint density at radius 3 is 2.63 bits per heavy atom. The van der Waals surface area contributed by atoms with Gasteiger partial charge in [-0.3, -0.25) is 0 Å². The van der Waals surface area contributed by atoms with Gasteiger partial charge in [0.05, 0.1) is 24.3 Å². The largest absolute Gasteiger partial charge is 0.497 e. The van der Waals surface area contributed by atoms with Crippen LogP contribution in [0.2, 0.25) is 0 Å². The Kier molecular flexibility index (Phi) is 2.00. The molecule has 0 bridgehead atoms. The van der Waals surface area contributed by atoms with Gasteiger partial charge in [-0.15, -0.1) is 5.10 Å². The van der Waals surface area contributed by atoms with Gasteiger partial charge in [0, 0.05) is 10.8 Å². The highest BCUT2D eigenvalue weighted by Gasteiger charge is 2.09. The van der Waals surface area contributed by atoms with Crippen molar-refractivity contribution in [3.63, 3.8) is 0 Å².